The fourth-order valence-electron chi connectivity index (χ4n) is 1.80. The van der Waals surface area contributed by atoms with E-state index in [1.807, 2.05) is 31.2 Å². The lowest BCUT2D eigenvalue weighted by molar-refractivity contribution is -0.138. The van der Waals surface area contributed by atoms with E-state index in [-0.39, 0.29) is 5.56 Å². The van der Waals surface area contributed by atoms with Gasteiger partial charge in [0.05, 0.1) is 5.56 Å². The number of alkyl halides is 3. The number of furan rings is 1. The second-order valence-corrected chi connectivity index (χ2v) is 4.36. The smallest absolute Gasteiger partial charge is 0.419 e. The molecule has 2 rings (SSSR count). The van der Waals surface area contributed by atoms with Crippen molar-refractivity contribution >= 4 is 0 Å². The van der Waals surface area contributed by atoms with Crippen molar-refractivity contribution in [1.82, 2.24) is 0 Å². The Morgan fingerprint density at radius 2 is 1.67 bits per heavy atom. The predicted molar refractivity (Wildman–Crippen MR) is 62.4 cm³/mol. The first-order valence-corrected chi connectivity index (χ1v) is 5.57. The molecule has 18 heavy (non-hydrogen) atoms. The maximum absolute atomic E-state index is 12.6. The largest absolute Gasteiger partial charge is 0.468 e. The summed E-state index contributed by atoms with van der Waals surface area (Å²) in [6.07, 6.45) is -3.18. The van der Waals surface area contributed by atoms with Gasteiger partial charge in [-0.3, -0.25) is 0 Å². The standard InChI is InChI=1S/C14H13F3O/c1-9-3-5-11(6-4-9)7-13-10(2)12(8-18-13)14(15,16)17/h3-6,8H,7H2,1-2H3. The zero-order chi connectivity index (χ0) is 13.3. The zero-order valence-electron chi connectivity index (χ0n) is 10.1. The highest BCUT2D eigenvalue weighted by Crippen LogP contribution is 2.34. The van der Waals surface area contributed by atoms with E-state index < -0.39 is 11.7 Å². The van der Waals surface area contributed by atoms with Crippen LogP contribution in [0.15, 0.2) is 34.9 Å². The SMILES string of the molecule is Cc1ccc(Cc2occ(C(F)(F)F)c2C)cc1. The molecule has 0 N–H and O–H groups in total. The molecule has 1 aromatic heterocycles. The van der Waals surface area contributed by atoms with Gasteiger partial charge in [0.2, 0.25) is 0 Å². The lowest BCUT2D eigenvalue weighted by Gasteiger charge is -2.04. The third-order valence-corrected chi connectivity index (χ3v) is 2.93. The lowest BCUT2D eigenvalue weighted by atomic mass is 10.0. The predicted octanol–water partition coefficient (Wildman–Crippen LogP) is 4.51. The van der Waals surface area contributed by atoms with Gasteiger partial charge in [-0.15, -0.1) is 0 Å². The van der Waals surface area contributed by atoms with Gasteiger partial charge in [0, 0.05) is 12.0 Å². The van der Waals surface area contributed by atoms with Crippen LogP contribution in [0.25, 0.3) is 0 Å². The van der Waals surface area contributed by atoms with Crippen LogP contribution >= 0.6 is 0 Å². The van der Waals surface area contributed by atoms with Gasteiger partial charge in [0.25, 0.3) is 0 Å². The highest BCUT2D eigenvalue weighted by Gasteiger charge is 2.35. The van der Waals surface area contributed by atoms with E-state index >= 15 is 0 Å². The van der Waals surface area contributed by atoms with Crippen molar-refractivity contribution in [2.45, 2.75) is 26.4 Å². The molecule has 0 aliphatic heterocycles. The van der Waals surface area contributed by atoms with Gasteiger partial charge in [-0.05, 0) is 19.4 Å². The molecule has 2 aromatic rings. The van der Waals surface area contributed by atoms with Crippen molar-refractivity contribution in [2.75, 3.05) is 0 Å². The minimum Gasteiger partial charge on any atom is -0.468 e. The van der Waals surface area contributed by atoms with E-state index in [9.17, 15) is 13.2 Å². The summed E-state index contributed by atoms with van der Waals surface area (Å²) in [6, 6.07) is 7.64. The maximum Gasteiger partial charge on any atom is 0.419 e. The Labute approximate surface area is 103 Å². The molecule has 0 saturated carbocycles. The molecule has 0 radical (unpaired) electrons. The molecule has 0 atom stereocenters. The monoisotopic (exact) mass is 254 g/mol. The van der Waals surface area contributed by atoms with Gasteiger partial charge in [-0.2, -0.15) is 13.2 Å². The third kappa shape index (κ3) is 2.58. The van der Waals surface area contributed by atoms with Gasteiger partial charge in [0.1, 0.15) is 12.0 Å². The van der Waals surface area contributed by atoms with Crippen molar-refractivity contribution in [3.8, 4) is 0 Å². The summed E-state index contributed by atoms with van der Waals surface area (Å²) in [5, 5.41) is 0. The van der Waals surface area contributed by atoms with Crippen LogP contribution in [0.4, 0.5) is 13.2 Å². The van der Waals surface area contributed by atoms with E-state index in [1.165, 1.54) is 6.92 Å². The Hall–Kier alpha value is -1.71. The summed E-state index contributed by atoms with van der Waals surface area (Å²) in [5.41, 5.74) is 1.53. The Balaban J connectivity index is 2.25. The molecule has 96 valence electrons. The fourth-order valence-corrected chi connectivity index (χ4v) is 1.80. The van der Waals surface area contributed by atoms with Crippen LogP contribution in [0.1, 0.15) is 28.0 Å². The molecule has 1 aromatic carbocycles. The van der Waals surface area contributed by atoms with Gasteiger partial charge >= 0.3 is 6.18 Å². The van der Waals surface area contributed by atoms with E-state index in [0.29, 0.717) is 12.2 Å². The van der Waals surface area contributed by atoms with Gasteiger partial charge in [-0.1, -0.05) is 29.8 Å². The number of aryl methyl sites for hydroxylation is 1. The maximum atomic E-state index is 12.6. The number of hydrogen-bond donors (Lipinski definition) is 0. The Kier molecular flexibility index (Phi) is 3.20. The molecule has 0 aliphatic carbocycles. The topological polar surface area (TPSA) is 13.1 Å². The molecule has 0 unspecified atom stereocenters. The Morgan fingerprint density at radius 1 is 1.06 bits per heavy atom. The molecule has 1 nitrogen and oxygen atoms in total. The highest BCUT2D eigenvalue weighted by molar-refractivity contribution is 5.33. The Morgan fingerprint density at radius 3 is 2.17 bits per heavy atom. The summed E-state index contributed by atoms with van der Waals surface area (Å²) in [7, 11) is 0. The van der Waals surface area contributed by atoms with Crippen LogP contribution in [0, 0.1) is 13.8 Å². The number of rotatable bonds is 2. The first-order chi connectivity index (χ1) is 8.38. The van der Waals surface area contributed by atoms with Crippen LogP contribution in [-0.2, 0) is 12.6 Å². The molecular formula is C14H13F3O. The highest BCUT2D eigenvalue weighted by atomic mass is 19.4. The molecule has 0 spiro atoms. The number of halogens is 3. The normalized spacial score (nSPS) is 11.8. The second kappa shape index (κ2) is 4.52. The summed E-state index contributed by atoms with van der Waals surface area (Å²) < 4.78 is 42.8. The van der Waals surface area contributed by atoms with Crippen molar-refractivity contribution in [1.29, 1.82) is 0 Å². The van der Waals surface area contributed by atoms with Gasteiger partial charge in [0.15, 0.2) is 0 Å². The van der Waals surface area contributed by atoms with Crippen LogP contribution in [0.5, 0.6) is 0 Å². The van der Waals surface area contributed by atoms with Crippen LogP contribution in [0.3, 0.4) is 0 Å². The molecule has 4 heteroatoms. The molecular weight excluding hydrogens is 241 g/mol. The van der Waals surface area contributed by atoms with Gasteiger partial charge < -0.3 is 4.42 Å². The van der Waals surface area contributed by atoms with Crippen molar-refractivity contribution in [2.24, 2.45) is 0 Å². The fraction of sp³-hybridized carbons (Fsp3) is 0.286. The Bertz CT molecular complexity index is 535. The average molecular weight is 254 g/mol. The molecule has 0 amide bonds. The molecule has 0 bridgehead atoms. The number of benzene rings is 1. The minimum atomic E-state index is -4.35. The van der Waals surface area contributed by atoms with Crippen molar-refractivity contribution in [3.63, 3.8) is 0 Å². The van der Waals surface area contributed by atoms with Gasteiger partial charge in [-0.25, -0.2) is 0 Å². The second-order valence-electron chi connectivity index (χ2n) is 4.36. The van der Waals surface area contributed by atoms with Crippen LogP contribution in [0.2, 0.25) is 0 Å². The summed E-state index contributed by atoms with van der Waals surface area (Å²) >= 11 is 0. The summed E-state index contributed by atoms with van der Waals surface area (Å²) in [5.74, 6) is 0.367. The molecule has 0 saturated heterocycles. The van der Waals surface area contributed by atoms with E-state index in [0.717, 1.165) is 17.4 Å². The number of hydrogen-bond acceptors (Lipinski definition) is 1. The minimum absolute atomic E-state index is 0.170. The summed E-state index contributed by atoms with van der Waals surface area (Å²) in [6.45, 7) is 3.40. The molecule has 0 fully saturated rings. The van der Waals surface area contributed by atoms with Crippen LogP contribution < -0.4 is 0 Å². The average Bonchev–Trinajstić information content (AvgIpc) is 2.63. The van der Waals surface area contributed by atoms with Crippen molar-refractivity contribution in [3.05, 3.63) is 58.5 Å². The third-order valence-electron chi connectivity index (χ3n) is 2.93. The lowest BCUT2D eigenvalue weighted by Crippen LogP contribution is -2.05. The first-order valence-electron chi connectivity index (χ1n) is 5.57. The van der Waals surface area contributed by atoms with E-state index in [2.05, 4.69) is 0 Å². The van der Waals surface area contributed by atoms with Crippen LogP contribution in [-0.4, -0.2) is 0 Å². The quantitative estimate of drug-likeness (QED) is 0.768. The molecule has 0 aliphatic rings. The molecule has 1 heterocycles. The zero-order valence-corrected chi connectivity index (χ0v) is 10.1. The van der Waals surface area contributed by atoms with E-state index in [4.69, 9.17) is 4.42 Å². The van der Waals surface area contributed by atoms with E-state index in [1.54, 1.807) is 0 Å². The summed E-state index contributed by atoms with van der Waals surface area (Å²) in [4.78, 5) is 0. The first kappa shape index (κ1) is 12.7. The van der Waals surface area contributed by atoms with Crippen molar-refractivity contribution < 1.29 is 17.6 Å².